The first kappa shape index (κ1) is 23.0. The number of carbonyl (C=O) groups is 1. The van der Waals surface area contributed by atoms with Crippen LogP contribution in [0.2, 0.25) is 0 Å². The highest BCUT2D eigenvalue weighted by Crippen LogP contribution is 2.11. The molecule has 3 aromatic rings. The summed E-state index contributed by atoms with van der Waals surface area (Å²) in [6.45, 7) is 6.26. The van der Waals surface area contributed by atoms with Crippen LogP contribution in [0.4, 0.5) is 0 Å². The highest BCUT2D eigenvalue weighted by Gasteiger charge is 2.09. The highest BCUT2D eigenvalue weighted by atomic mass is 16.1. The molecule has 2 aromatic carbocycles. The minimum atomic E-state index is -0.573. The Morgan fingerprint density at radius 3 is 2.47 bits per heavy atom. The second-order valence-electron chi connectivity index (χ2n) is 7.05. The maximum atomic E-state index is 11.7. The van der Waals surface area contributed by atoms with Crippen LogP contribution in [0.15, 0.2) is 53.3 Å². The number of benzene rings is 2. The zero-order valence-electron chi connectivity index (χ0n) is 17.7. The smallest absolute Gasteiger partial charge is 0.291 e. The summed E-state index contributed by atoms with van der Waals surface area (Å²) in [5.41, 5.74) is 1.98. The fourth-order valence-corrected chi connectivity index (χ4v) is 2.96. The van der Waals surface area contributed by atoms with Crippen LogP contribution in [-0.4, -0.2) is 40.2 Å². The zero-order chi connectivity index (χ0) is 22.1. The number of hydrogen-bond donors (Lipinski definition) is 3. The molecule has 1 heterocycles. The molecule has 0 fully saturated rings. The van der Waals surface area contributed by atoms with Gasteiger partial charge in [0.1, 0.15) is 12.1 Å². The number of nitrogens with one attached hydrogen (secondary N) is 3. The molecule has 0 aliphatic carbocycles. The predicted molar refractivity (Wildman–Crippen MR) is 120 cm³/mol. The van der Waals surface area contributed by atoms with Crippen molar-refractivity contribution in [1.82, 2.24) is 14.5 Å². The van der Waals surface area contributed by atoms with Gasteiger partial charge in [-0.1, -0.05) is 44.2 Å². The predicted octanol–water partition coefficient (Wildman–Crippen LogP) is 3.39. The minimum absolute atomic E-state index is 0.197. The monoisotopic (exact) mass is 407 g/mol. The van der Waals surface area contributed by atoms with Crippen LogP contribution in [0, 0.1) is 10.8 Å². The normalized spacial score (nSPS) is 10.5. The van der Waals surface area contributed by atoms with Gasteiger partial charge < -0.3 is 9.88 Å². The summed E-state index contributed by atoms with van der Waals surface area (Å²) in [4.78, 5) is 27.3. The molecule has 3 rings (SSSR count). The van der Waals surface area contributed by atoms with Crippen molar-refractivity contribution in [2.75, 3.05) is 13.6 Å². The third-order valence-corrected chi connectivity index (χ3v) is 4.68. The van der Waals surface area contributed by atoms with Crippen molar-refractivity contribution in [3.8, 4) is 0 Å². The number of aldehydes is 1. The fraction of sp³-hybridized carbons (Fsp3) is 0.304. The van der Waals surface area contributed by atoms with Crippen LogP contribution in [0.1, 0.15) is 42.6 Å². The lowest BCUT2D eigenvalue weighted by Crippen LogP contribution is -2.39. The summed E-state index contributed by atoms with van der Waals surface area (Å²) >= 11 is 0. The molecule has 0 spiro atoms. The van der Waals surface area contributed by atoms with E-state index in [1.807, 2.05) is 6.92 Å². The molecule has 30 heavy (non-hydrogen) atoms. The van der Waals surface area contributed by atoms with Crippen molar-refractivity contribution >= 4 is 23.2 Å². The van der Waals surface area contributed by atoms with Crippen molar-refractivity contribution in [2.24, 2.45) is 0 Å². The lowest BCUT2D eigenvalue weighted by atomic mass is 10.2. The molecule has 3 N–H and O–H groups in total. The molecular weight excluding hydrogens is 378 g/mol. The average molecular weight is 408 g/mol. The van der Waals surface area contributed by atoms with Gasteiger partial charge in [0.05, 0.1) is 11.0 Å². The maximum Gasteiger partial charge on any atom is 0.291 e. The van der Waals surface area contributed by atoms with Gasteiger partial charge in [-0.15, -0.1) is 0 Å². The second kappa shape index (κ2) is 11.0. The van der Waals surface area contributed by atoms with E-state index < -0.39 is 5.56 Å². The van der Waals surface area contributed by atoms with Crippen molar-refractivity contribution < 1.29 is 4.79 Å². The Hall–Kier alpha value is -3.32. The fourth-order valence-electron chi connectivity index (χ4n) is 2.96. The Bertz CT molecular complexity index is 1120. The van der Waals surface area contributed by atoms with Gasteiger partial charge in [0.15, 0.2) is 5.49 Å². The Morgan fingerprint density at radius 2 is 1.87 bits per heavy atom. The molecule has 0 aliphatic rings. The second-order valence-corrected chi connectivity index (χ2v) is 7.05. The number of aromatic amines is 1. The van der Waals surface area contributed by atoms with Gasteiger partial charge in [-0.3, -0.25) is 25.0 Å². The first-order chi connectivity index (χ1) is 14.4. The molecule has 0 amide bonds. The van der Waals surface area contributed by atoms with Gasteiger partial charge in [0.25, 0.3) is 5.56 Å². The molecule has 0 unspecified atom stereocenters. The number of carbonyl (C=O) groups excluding carboxylic acids is 1. The van der Waals surface area contributed by atoms with Gasteiger partial charge in [-0.2, -0.15) is 0 Å². The first-order valence-electron chi connectivity index (χ1n) is 10.00. The summed E-state index contributed by atoms with van der Waals surface area (Å²) < 4.78 is 1.31. The number of rotatable bonds is 6. The lowest BCUT2D eigenvalue weighted by Gasteiger charge is -2.12. The van der Waals surface area contributed by atoms with E-state index in [0.717, 1.165) is 19.5 Å². The lowest BCUT2D eigenvalue weighted by molar-refractivity contribution is 0.112. The SMILES string of the molecule is CCCC(=N)n1c(=N)c(=O)[nH]c2cc(C=O)ccc21.CCN(C)Cc1ccccc1. The van der Waals surface area contributed by atoms with Crippen molar-refractivity contribution in [3.63, 3.8) is 0 Å². The topological polar surface area (TPSA) is 106 Å². The average Bonchev–Trinajstić information content (AvgIpc) is 2.75. The van der Waals surface area contributed by atoms with Crippen LogP contribution in [0.3, 0.4) is 0 Å². The number of aromatic nitrogens is 2. The molecule has 7 heteroatoms. The molecule has 0 atom stereocenters. The maximum absolute atomic E-state index is 11.7. The Balaban J connectivity index is 0.000000248. The number of nitrogens with zero attached hydrogens (tertiary/aromatic N) is 2. The molecule has 0 radical (unpaired) electrons. The van der Waals surface area contributed by atoms with E-state index in [2.05, 4.69) is 54.2 Å². The van der Waals surface area contributed by atoms with Gasteiger partial charge in [-0.05, 0) is 43.8 Å². The molecule has 0 aliphatic heterocycles. The zero-order valence-corrected chi connectivity index (χ0v) is 17.7. The van der Waals surface area contributed by atoms with Crippen LogP contribution in [0.25, 0.3) is 11.0 Å². The van der Waals surface area contributed by atoms with Crippen molar-refractivity contribution in [2.45, 2.75) is 33.2 Å². The molecule has 0 bridgehead atoms. The number of hydrogen-bond acceptors (Lipinski definition) is 5. The Kier molecular flexibility index (Phi) is 8.43. The first-order valence-corrected chi connectivity index (χ1v) is 10.00. The van der Waals surface area contributed by atoms with Crippen LogP contribution < -0.4 is 11.0 Å². The number of H-pyrrole nitrogens is 1. The molecule has 158 valence electrons. The number of fused-ring (bicyclic) bond motifs is 1. The van der Waals surface area contributed by atoms with Crippen LogP contribution >= 0.6 is 0 Å². The molecule has 1 aromatic heterocycles. The van der Waals surface area contributed by atoms with E-state index in [4.69, 9.17) is 10.8 Å². The molecule has 7 nitrogen and oxygen atoms in total. The Labute approximate surface area is 176 Å². The summed E-state index contributed by atoms with van der Waals surface area (Å²) in [6, 6.07) is 15.3. The summed E-state index contributed by atoms with van der Waals surface area (Å²) in [5, 5.41) is 15.8. The Morgan fingerprint density at radius 1 is 1.17 bits per heavy atom. The third-order valence-electron chi connectivity index (χ3n) is 4.68. The molecule has 0 saturated heterocycles. The third kappa shape index (κ3) is 5.84. The molecule has 0 saturated carbocycles. The summed E-state index contributed by atoms with van der Waals surface area (Å²) in [6.07, 6.45) is 1.92. The van der Waals surface area contributed by atoms with E-state index in [9.17, 15) is 9.59 Å². The summed E-state index contributed by atoms with van der Waals surface area (Å²) in [7, 11) is 2.13. The van der Waals surface area contributed by atoms with Crippen LogP contribution in [0.5, 0.6) is 0 Å². The van der Waals surface area contributed by atoms with E-state index in [1.165, 1.54) is 10.1 Å². The van der Waals surface area contributed by atoms with E-state index >= 15 is 0 Å². The van der Waals surface area contributed by atoms with E-state index in [0.29, 0.717) is 29.3 Å². The van der Waals surface area contributed by atoms with Gasteiger partial charge in [0.2, 0.25) is 0 Å². The quantitative estimate of drug-likeness (QED) is 0.331. The highest BCUT2D eigenvalue weighted by molar-refractivity contribution is 5.92. The van der Waals surface area contributed by atoms with E-state index in [-0.39, 0.29) is 11.3 Å². The van der Waals surface area contributed by atoms with Crippen molar-refractivity contribution in [3.05, 3.63) is 75.5 Å². The standard InChI is InChI=1S/C13H14N4O2.C10H15N/c1-2-3-11(14)17-10-5-4-8(7-18)6-9(10)16-13(19)12(17)15;1-3-11(2)9-10-7-5-4-6-8-10/h4-7,14-15H,2-3H2,1H3,(H,16,19);4-8H,3,9H2,1-2H3. The summed E-state index contributed by atoms with van der Waals surface area (Å²) in [5.74, 6) is 0.197. The largest absolute Gasteiger partial charge is 0.317 e. The van der Waals surface area contributed by atoms with Gasteiger partial charge in [0, 0.05) is 18.5 Å². The van der Waals surface area contributed by atoms with Crippen LogP contribution in [-0.2, 0) is 6.54 Å². The van der Waals surface area contributed by atoms with Crippen molar-refractivity contribution in [1.29, 1.82) is 10.8 Å². The minimum Gasteiger partial charge on any atom is -0.317 e. The molecular formula is C23H29N5O2. The van der Waals surface area contributed by atoms with E-state index in [1.54, 1.807) is 18.2 Å². The van der Waals surface area contributed by atoms with Gasteiger partial charge >= 0.3 is 0 Å². The van der Waals surface area contributed by atoms with Gasteiger partial charge in [-0.25, -0.2) is 0 Å².